The van der Waals surface area contributed by atoms with Gasteiger partial charge in [-0.25, -0.2) is 4.98 Å². The molecule has 0 amide bonds. The highest BCUT2D eigenvalue weighted by atomic mass is 19.4. The van der Waals surface area contributed by atoms with Crippen LogP contribution < -0.4 is 9.64 Å². The second kappa shape index (κ2) is 12.9. The Morgan fingerprint density at radius 1 is 0.958 bits per heavy atom. The van der Waals surface area contributed by atoms with Gasteiger partial charge in [0, 0.05) is 36.8 Å². The number of aryl methyl sites for hydroxylation is 1. The molecule has 0 unspecified atom stereocenters. The number of pyridine rings is 1. The third-order valence-electron chi connectivity index (χ3n) is 9.82. The molecule has 2 aliphatic heterocycles. The lowest BCUT2D eigenvalue weighted by Crippen LogP contribution is -2.38. The van der Waals surface area contributed by atoms with Crippen LogP contribution >= 0.6 is 0 Å². The van der Waals surface area contributed by atoms with Gasteiger partial charge in [-0.1, -0.05) is 6.07 Å². The van der Waals surface area contributed by atoms with E-state index in [1.165, 1.54) is 7.11 Å². The number of ether oxygens (including phenoxy) is 3. The molecule has 0 N–H and O–H groups in total. The Kier molecular flexibility index (Phi) is 9.14. The Balaban J connectivity index is 1.35. The van der Waals surface area contributed by atoms with Crippen LogP contribution in [-0.4, -0.2) is 55.9 Å². The summed E-state index contributed by atoms with van der Waals surface area (Å²) < 4.78 is 98.4. The van der Waals surface area contributed by atoms with Crippen LogP contribution in [0.2, 0.25) is 0 Å². The van der Waals surface area contributed by atoms with Crippen molar-refractivity contribution < 1.29 is 45.3 Å². The Labute approximate surface area is 274 Å². The molecular weight excluding hydrogens is 640 g/mol. The highest BCUT2D eigenvalue weighted by molar-refractivity contribution is 5.78. The monoisotopic (exact) mass is 677 g/mol. The second-order valence-electron chi connectivity index (χ2n) is 12.9. The number of nitrogens with zero attached hydrogens (tertiary/aromatic N) is 3. The van der Waals surface area contributed by atoms with Gasteiger partial charge in [0.25, 0.3) is 0 Å². The largest absolute Gasteiger partial charge is 0.496 e. The number of hydrogen-bond donors (Lipinski definition) is 0. The van der Waals surface area contributed by atoms with Crippen LogP contribution in [0.15, 0.2) is 42.5 Å². The van der Waals surface area contributed by atoms with E-state index in [-0.39, 0.29) is 42.7 Å². The number of rotatable bonds is 8. The molecule has 0 bridgehead atoms. The summed E-state index contributed by atoms with van der Waals surface area (Å²) in [6.07, 6.45) is -8.57. The molecule has 7 nitrogen and oxygen atoms in total. The minimum Gasteiger partial charge on any atom is -0.496 e. The molecule has 0 radical (unpaired) electrons. The highest BCUT2D eigenvalue weighted by Crippen LogP contribution is 2.46. The third kappa shape index (κ3) is 6.58. The normalized spacial score (nSPS) is 23.1. The molecule has 3 fully saturated rings. The number of hydrogen-bond acceptors (Lipinski definition) is 7. The van der Waals surface area contributed by atoms with Gasteiger partial charge < -0.3 is 19.1 Å². The molecule has 6 rings (SSSR count). The number of aromatic nitrogens is 1. The summed E-state index contributed by atoms with van der Waals surface area (Å²) >= 11 is 0. The van der Waals surface area contributed by atoms with E-state index in [1.54, 1.807) is 14.0 Å². The quantitative estimate of drug-likeness (QED) is 0.178. The minimum atomic E-state index is -4.96. The number of alkyl halides is 6. The van der Waals surface area contributed by atoms with E-state index in [9.17, 15) is 31.1 Å². The summed E-state index contributed by atoms with van der Waals surface area (Å²) in [5.41, 5.74) is 1.37. The molecule has 3 aliphatic rings. The van der Waals surface area contributed by atoms with E-state index in [1.807, 2.05) is 30.0 Å². The summed E-state index contributed by atoms with van der Waals surface area (Å²) in [6.45, 7) is 5.63. The molecular formula is C35H37F6N3O4. The summed E-state index contributed by atoms with van der Waals surface area (Å²) in [7, 11) is 2.97. The van der Waals surface area contributed by atoms with Gasteiger partial charge in [0.1, 0.15) is 18.3 Å². The molecule has 258 valence electrons. The smallest absolute Gasteiger partial charge is 0.416 e. The lowest BCUT2D eigenvalue weighted by molar-refractivity contribution is -0.149. The summed E-state index contributed by atoms with van der Waals surface area (Å²) in [5.74, 6) is 1.22. The van der Waals surface area contributed by atoms with E-state index in [4.69, 9.17) is 19.2 Å². The van der Waals surface area contributed by atoms with E-state index in [0.717, 1.165) is 59.7 Å². The maximum atomic E-state index is 13.6. The van der Waals surface area contributed by atoms with Gasteiger partial charge in [-0.05, 0) is 92.1 Å². The van der Waals surface area contributed by atoms with Crippen molar-refractivity contribution in [2.45, 2.75) is 70.1 Å². The van der Waals surface area contributed by atoms with Gasteiger partial charge in [0.15, 0.2) is 0 Å². The number of carbonyl (C=O) groups excluding carboxylic acids is 1. The van der Waals surface area contributed by atoms with Crippen molar-refractivity contribution in [1.29, 1.82) is 0 Å². The SMILES string of the molecule is COc1ccc([C@H]2C[C@H](C(=O)OC)C2)cc1-c1c(C)cc(N2CCC2)nc1CN1CO[C@H](c2cc(C(F)(F)F)cc(C(F)(F)F)c2)[C@@H]1C. The molecule has 2 saturated heterocycles. The van der Waals surface area contributed by atoms with Crippen LogP contribution in [0.4, 0.5) is 32.2 Å². The van der Waals surface area contributed by atoms with Crippen molar-refractivity contribution >= 4 is 11.8 Å². The van der Waals surface area contributed by atoms with Crippen LogP contribution in [0.1, 0.15) is 71.7 Å². The molecule has 1 saturated carbocycles. The van der Waals surface area contributed by atoms with Crippen LogP contribution in [0.5, 0.6) is 5.75 Å². The topological polar surface area (TPSA) is 64.1 Å². The zero-order valence-electron chi connectivity index (χ0n) is 27.0. The number of carbonyl (C=O) groups is 1. The first-order valence-corrected chi connectivity index (χ1v) is 15.8. The predicted molar refractivity (Wildman–Crippen MR) is 165 cm³/mol. The number of methoxy groups -OCH3 is 2. The molecule has 2 aromatic carbocycles. The van der Waals surface area contributed by atoms with Gasteiger partial charge >= 0.3 is 18.3 Å². The number of esters is 1. The van der Waals surface area contributed by atoms with Crippen LogP contribution in [0.25, 0.3) is 11.1 Å². The maximum Gasteiger partial charge on any atom is 0.416 e. The van der Waals surface area contributed by atoms with Crippen molar-refractivity contribution in [1.82, 2.24) is 9.88 Å². The minimum absolute atomic E-state index is 0.0221. The van der Waals surface area contributed by atoms with Gasteiger partial charge in [0.2, 0.25) is 0 Å². The van der Waals surface area contributed by atoms with Crippen LogP contribution in [0, 0.1) is 12.8 Å². The van der Waals surface area contributed by atoms with Crippen molar-refractivity contribution in [3.05, 3.63) is 76.0 Å². The van der Waals surface area contributed by atoms with E-state index < -0.39 is 35.6 Å². The van der Waals surface area contributed by atoms with Gasteiger partial charge in [-0.3, -0.25) is 9.69 Å². The summed E-state index contributed by atoms with van der Waals surface area (Å²) in [5, 5.41) is 0. The predicted octanol–water partition coefficient (Wildman–Crippen LogP) is 7.90. The number of halogens is 6. The molecule has 3 heterocycles. The first kappa shape index (κ1) is 34.0. The number of benzene rings is 2. The van der Waals surface area contributed by atoms with Crippen molar-refractivity contribution in [2.75, 3.05) is 38.9 Å². The summed E-state index contributed by atoms with van der Waals surface area (Å²) in [6, 6.07) is 8.99. The maximum absolute atomic E-state index is 13.6. The molecule has 13 heteroatoms. The lowest BCUT2D eigenvalue weighted by Gasteiger charge is -2.34. The van der Waals surface area contributed by atoms with Gasteiger partial charge in [0.05, 0.1) is 43.1 Å². The number of anilines is 1. The van der Waals surface area contributed by atoms with Crippen molar-refractivity contribution in [3.63, 3.8) is 0 Å². The molecule has 0 spiro atoms. The fraction of sp³-hybridized carbons (Fsp3) is 0.486. The standard InChI is InChI=1S/C35H37F6N3O4/c1-19-10-30(43-8-5-9-43)42-28(31(19)27-15-21(6-7-29(27)46-3)22-11-24(12-22)33(45)47-4)17-44-18-48-32(20(44)2)23-13-25(34(36,37)38)16-26(14-23)35(39,40)41/h6-7,10,13-16,20,22,24,32H,5,8-9,11-12,17-18H2,1-4H3/t20-,22-,24-,32-/m0/s1. The zero-order chi connectivity index (χ0) is 34.5. The lowest BCUT2D eigenvalue weighted by atomic mass is 9.71. The second-order valence-corrected chi connectivity index (χ2v) is 12.9. The highest BCUT2D eigenvalue weighted by Gasteiger charge is 2.41. The van der Waals surface area contributed by atoms with Gasteiger partial charge in [-0.15, -0.1) is 0 Å². The van der Waals surface area contributed by atoms with E-state index in [2.05, 4.69) is 11.0 Å². The Morgan fingerprint density at radius 2 is 1.62 bits per heavy atom. The molecule has 1 aromatic heterocycles. The zero-order valence-corrected chi connectivity index (χ0v) is 27.0. The molecule has 48 heavy (non-hydrogen) atoms. The first-order chi connectivity index (χ1) is 22.7. The Hall–Kier alpha value is -3.84. The van der Waals surface area contributed by atoms with Crippen molar-refractivity contribution in [3.8, 4) is 16.9 Å². The van der Waals surface area contributed by atoms with Crippen molar-refractivity contribution in [2.24, 2.45) is 5.92 Å². The average molecular weight is 678 g/mol. The fourth-order valence-corrected chi connectivity index (χ4v) is 6.86. The van der Waals surface area contributed by atoms with E-state index in [0.29, 0.717) is 24.3 Å². The molecule has 3 aromatic rings. The molecule has 2 atom stereocenters. The molecule has 1 aliphatic carbocycles. The van der Waals surface area contributed by atoms with Gasteiger partial charge in [-0.2, -0.15) is 26.3 Å². The average Bonchev–Trinajstić information content (AvgIpc) is 3.33. The van der Waals surface area contributed by atoms with Crippen LogP contribution in [0.3, 0.4) is 0 Å². The van der Waals surface area contributed by atoms with Crippen LogP contribution in [-0.2, 0) is 33.2 Å². The first-order valence-electron chi connectivity index (χ1n) is 15.8. The Bertz CT molecular complexity index is 1650. The Morgan fingerprint density at radius 3 is 2.19 bits per heavy atom. The van der Waals surface area contributed by atoms with E-state index >= 15 is 0 Å². The third-order valence-corrected chi connectivity index (χ3v) is 9.82. The summed E-state index contributed by atoms with van der Waals surface area (Å²) in [4.78, 5) is 21.1. The fourth-order valence-electron chi connectivity index (χ4n) is 6.86.